The van der Waals surface area contributed by atoms with Crippen molar-refractivity contribution in [2.75, 3.05) is 11.7 Å². The van der Waals surface area contributed by atoms with E-state index in [1.54, 1.807) is 0 Å². The van der Waals surface area contributed by atoms with Crippen LogP contribution in [-0.4, -0.2) is 17.4 Å². The SMILES string of the molecule is [c]1oc2ccccc2c1N1CN2C=CC=CC2=N1. The van der Waals surface area contributed by atoms with Crippen LogP contribution in [0.4, 0.5) is 5.69 Å². The fraction of sp³-hybridized carbons (Fsp3) is 0.0714. The third kappa shape index (κ3) is 1.29. The predicted molar refractivity (Wildman–Crippen MR) is 70.0 cm³/mol. The number of nitrogens with zero attached hydrogens (tertiary/aromatic N) is 3. The average molecular weight is 236 g/mol. The Kier molecular flexibility index (Phi) is 1.85. The average Bonchev–Trinajstić information content (AvgIpc) is 3.02. The molecule has 0 fully saturated rings. The van der Waals surface area contributed by atoms with Crippen LogP contribution in [0.15, 0.2) is 58.2 Å². The Morgan fingerprint density at radius 2 is 2.17 bits per heavy atom. The van der Waals surface area contributed by atoms with Crippen molar-refractivity contribution in [2.45, 2.75) is 0 Å². The van der Waals surface area contributed by atoms with Gasteiger partial charge in [-0.2, -0.15) is 5.10 Å². The lowest BCUT2D eigenvalue weighted by atomic mass is 10.2. The first-order chi connectivity index (χ1) is 8.92. The standard InChI is InChI=1S/C14H10N3O/c1-2-6-13-11(5-1)12(9-18-13)17-10-16-8-4-3-7-14(16)15-17/h1-8H,10H2. The van der Waals surface area contributed by atoms with E-state index in [-0.39, 0.29) is 0 Å². The van der Waals surface area contributed by atoms with E-state index < -0.39 is 0 Å². The molecule has 1 radical (unpaired) electrons. The maximum atomic E-state index is 5.42. The summed E-state index contributed by atoms with van der Waals surface area (Å²) in [5.41, 5.74) is 1.72. The van der Waals surface area contributed by atoms with Gasteiger partial charge in [-0.3, -0.25) is 0 Å². The van der Waals surface area contributed by atoms with Gasteiger partial charge in [0.15, 0.2) is 12.1 Å². The van der Waals surface area contributed by atoms with E-state index in [1.165, 1.54) is 0 Å². The first-order valence-electron chi connectivity index (χ1n) is 5.79. The second kappa shape index (κ2) is 3.50. The van der Waals surface area contributed by atoms with Crippen molar-refractivity contribution in [3.8, 4) is 0 Å². The molecule has 0 aliphatic carbocycles. The lowest BCUT2D eigenvalue weighted by Gasteiger charge is -2.16. The van der Waals surface area contributed by atoms with Gasteiger partial charge in [0.05, 0.1) is 0 Å². The summed E-state index contributed by atoms with van der Waals surface area (Å²) < 4.78 is 5.42. The molecule has 87 valence electrons. The van der Waals surface area contributed by atoms with Crippen molar-refractivity contribution in [1.29, 1.82) is 0 Å². The Bertz CT molecular complexity index is 696. The molecule has 0 bridgehead atoms. The van der Waals surface area contributed by atoms with Crippen LogP contribution in [0.5, 0.6) is 0 Å². The number of para-hydroxylation sites is 1. The highest BCUT2D eigenvalue weighted by Gasteiger charge is 2.24. The lowest BCUT2D eigenvalue weighted by molar-refractivity contribution is 0.578. The Balaban J connectivity index is 1.79. The highest BCUT2D eigenvalue weighted by molar-refractivity contribution is 5.99. The topological polar surface area (TPSA) is 32.0 Å². The summed E-state index contributed by atoms with van der Waals surface area (Å²) in [6.45, 7) is 0.691. The second-order valence-electron chi connectivity index (χ2n) is 4.22. The molecule has 0 atom stereocenters. The van der Waals surface area contributed by atoms with Gasteiger partial charge in [0.1, 0.15) is 17.9 Å². The van der Waals surface area contributed by atoms with Gasteiger partial charge in [0.2, 0.25) is 0 Å². The van der Waals surface area contributed by atoms with Gasteiger partial charge in [-0.25, -0.2) is 5.01 Å². The number of rotatable bonds is 1. The maximum Gasteiger partial charge on any atom is 0.198 e. The van der Waals surface area contributed by atoms with Crippen molar-refractivity contribution in [3.63, 3.8) is 0 Å². The second-order valence-corrected chi connectivity index (χ2v) is 4.22. The van der Waals surface area contributed by atoms with Gasteiger partial charge >= 0.3 is 0 Å². The minimum atomic E-state index is 0.691. The van der Waals surface area contributed by atoms with Gasteiger partial charge in [-0.05, 0) is 24.3 Å². The molecule has 0 spiro atoms. The molecule has 0 saturated carbocycles. The molecule has 2 aliphatic heterocycles. The molecule has 3 heterocycles. The molecule has 1 aromatic heterocycles. The summed E-state index contributed by atoms with van der Waals surface area (Å²) >= 11 is 0. The third-order valence-electron chi connectivity index (χ3n) is 3.08. The Morgan fingerprint density at radius 3 is 3.11 bits per heavy atom. The van der Waals surface area contributed by atoms with Crippen LogP contribution < -0.4 is 5.01 Å². The van der Waals surface area contributed by atoms with Gasteiger partial charge < -0.3 is 9.32 Å². The van der Waals surface area contributed by atoms with Crippen LogP contribution in [0, 0.1) is 6.26 Å². The zero-order chi connectivity index (χ0) is 11.9. The molecule has 0 amide bonds. The van der Waals surface area contributed by atoms with Crippen LogP contribution in [0.25, 0.3) is 11.0 Å². The maximum absolute atomic E-state index is 5.42. The van der Waals surface area contributed by atoms with Crippen molar-refractivity contribution in [3.05, 3.63) is 55.0 Å². The number of fused-ring (bicyclic) bond motifs is 2. The summed E-state index contributed by atoms with van der Waals surface area (Å²) in [6, 6.07) is 7.90. The highest BCUT2D eigenvalue weighted by atomic mass is 16.3. The van der Waals surface area contributed by atoms with Crippen LogP contribution in [-0.2, 0) is 0 Å². The smallest absolute Gasteiger partial charge is 0.198 e. The minimum absolute atomic E-state index is 0.691. The van der Waals surface area contributed by atoms with E-state index in [0.29, 0.717) is 6.67 Å². The molecular weight excluding hydrogens is 226 g/mol. The molecule has 0 saturated heterocycles. The number of hydrazone groups is 1. The molecule has 4 nitrogen and oxygen atoms in total. The zero-order valence-electron chi connectivity index (χ0n) is 9.58. The predicted octanol–water partition coefficient (Wildman–Crippen LogP) is 2.71. The third-order valence-corrected chi connectivity index (χ3v) is 3.08. The molecule has 2 aliphatic rings. The molecule has 18 heavy (non-hydrogen) atoms. The van der Waals surface area contributed by atoms with Crippen molar-refractivity contribution in [2.24, 2.45) is 5.10 Å². The van der Waals surface area contributed by atoms with Crippen molar-refractivity contribution < 1.29 is 4.42 Å². The summed E-state index contributed by atoms with van der Waals surface area (Å²) in [4.78, 5) is 2.08. The first-order valence-corrected chi connectivity index (χ1v) is 5.79. The molecule has 2 aromatic rings. The summed E-state index contributed by atoms with van der Waals surface area (Å²) in [5, 5.41) is 7.49. The van der Waals surface area contributed by atoms with Gasteiger partial charge in [-0.15, -0.1) is 0 Å². The van der Waals surface area contributed by atoms with Crippen LogP contribution in [0.2, 0.25) is 0 Å². The normalized spacial score (nSPS) is 17.4. The molecule has 0 N–H and O–H groups in total. The number of furan rings is 1. The number of benzene rings is 1. The molecule has 4 heteroatoms. The summed E-state index contributed by atoms with van der Waals surface area (Å²) in [7, 11) is 0. The molecular formula is C14H10N3O. The van der Waals surface area contributed by atoms with Gasteiger partial charge in [0, 0.05) is 11.6 Å². The highest BCUT2D eigenvalue weighted by Crippen LogP contribution is 2.30. The monoisotopic (exact) mass is 236 g/mol. The molecule has 0 unspecified atom stereocenters. The molecule has 4 rings (SSSR count). The van der Waals surface area contributed by atoms with Crippen LogP contribution in [0.1, 0.15) is 0 Å². The van der Waals surface area contributed by atoms with Gasteiger partial charge in [0.25, 0.3) is 0 Å². The fourth-order valence-corrected chi connectivity index (χ4v) is 2.20. The number of anilines is 1. The summed E-state index contributed by atoms with van der Waals surface area (Å²) in [6.07, 6.45) is 10.9. The number of hydrogen-bond donors (Lipinski definition) is 0. The number of amidine groups is 1. The van der Waals surface area contributed by atoms with Crippen LogP contribution >= 0.6 is 0 Å². The number of allylic oxidation sites excluding steroid dienone is 2. The largest absolute Gasteiger partial charge is 0.450 e. The number of hydrogen-bond acceptors (Lipinski definition) is 4. The van der Waals surface area contributed by atoms with E-state index in [9.17, 15) is 0 Å². The van der Waals surface area contributed by atoms with Gasteiger partial charge in [-0.1, -0.05) is 18.2 Å². The Hall–Kier alpha value is -2.49. The van der Waals surface area contributed by atoms with Crippen LogP contribution in [0.3, 0.4) is 0 Å². The first kappa shape index (κ1) is 9.53. The van der Waals surface area contributed by atoms with E-state index in [2.05, 4.69) is 16.3 Å². The van der Waals surface area contributed by atoms with E-state index in [0.717, 1.165) is 22.5 Å². The fourth-order valence-electron chi connectivity index (χ4n) is 2.20. The van der Waals surface area contributed by atoms with E-state index in [4.69, 9.17) is 4.42 Å². The minimum Gasteiger partial charge on any atom is -0.450 e. The lowest BCUT2D eigenvalue weighted by Crippen LogP contribution is -2.25. The zero-order valence-corrected chi connectivity index (χ0v) is 9.58. The summed E-state index contributed by atoms with van der Waals surface area (Å²) in [5.74, 6) is 0.941. The van der Waals surface area contributed by atoms with E-state index in [1.807, 2.05) is 53.7 Å². The van der Waals surface area contributed by atoms with Crippen molar-refractivity contribution >= 4 is 22.5 Å². The Morgan fingerprint density at radius 1 is 1.22 bits per heavy atom. The van der Waals surface area contributed by atoms with E-state index >= 15 is 0 Å². The molecule has 1 aromatic carbocycles. The quantitative estimate of drug-likeness (QED) is 0.763. The van der Waals surface area contributed by atoms with Crippen molar-refractivity contribution in [1.82, 2.24) is 4.90 Å². The Labute approximate surface area is 104 Å².